The molecule has 1 aliphatic rings. The predicted molar refractivity (Wildman–Crippen MR) is 220 cm³/mol. The molecule has 6 heteroatoms. The van der Waals surface area contributed by atoms with Crippen molar-refractivity contribution in [3.63, 3.8) is 0 Å². The van der Waals surface area contributed by atoms with Crippen molar-refractivity contribution in [2.24, 2.45) is 4.99 Å². The number of fused-ring (bicyclic) bond motifs is 9. The number of hydrogen-bond donors (Lipinski definition) is 0. The SMILES string of the molecule is CN1C(c2ccc3c(c2)sc2ccccc23)=NC(c2ccccc2)N(C)C1c1cccc2c1oc1cc(-c3ccc4c(c3)oc3ccccc34)ccc12. The zero-order valence-electron chi connectivity index (χ0n) is 29.2. The number of hydrogen-bond acceptors (Lipinski definition) is 6. The highest BCUT2D eigenvalue weighted by atomic mass is 32.1. The second-order valence-electron chi connectivity index (χ2n) is 14.0. The average Bonchev–Trinajstić information content (AvgIpc) is 3.89. The number of benzene rings is 7. The summed E-state index contributed by atoms with van der Waals surface area (Å²) in [5.74, 6) is 0.956. The van der Waals surface area contributed by atoms with Crippen LogP contribution in [0, 0.1) is 0 Å². The molecule has 0 fully saturated rings. The van der Waals surface area contributed by atoms with Gasteiger partial charge in [-0.15, -0.1) is 11.3 Å². The first-order chi connectivity index (χ1) is 26.1. The first-order valence-corrected chi connectivity index (χ1v) is 18.8. The number of thiophene rings is 1. The van der Waals surface area contributed by atoms with Crippen LogP contribution in [0.15, 0.2) is 165 Å². The zero-order valence-corrected chi connectivity index (χ0v) is 30.0. The Morgan fingerprint density at radius 3 is 1.96 bits per heavy atom. The van der Waals surface area contributed by atoms with Crippen LogP contribution in [-0.2, 0) is 0 Å². The van der Waals surface area contributed by atoms with Crippen LogP contribution < -0.4 is 0 Å². The summed E-state index contributed by atoms with van der Waals surface area (Å²) >= 11 is 1.84. The average molecular weight is 704 g/mol. The summed E-state index contributed by atoms with van der Waals surface area (Å²) < 4.78 is 15.7. The number of rotatable bonds is 4. The van der Waals surface area contributed by atoms with Crippen molar-refractivity contribution >= 4 is 81.2 Å². The fraction of sp³-hybridized carbons (Fsp3) is 0.0851. The van der Waals surface area contributed by atoms with Gasteiger partial charge in [-0.3, -0.25) is 4.90 Å². The summed E-state index contributed by atoms with van der Waals surface area (Å²) in [6, 6.07) is 53.8. The number of nitrogens with zero attached hydrogens (tertiary/aromatic N) is 3. The maximum absolute atomic E-state index is 6.89. The predicted octanol–water partition coefficient (Wildman–Crippen LogP) is 12.5. The van der Waals surface area contributed by atoms with Gasteiger partial charge in [0, 0.05) is 59.9 Å². The van der Waals surface area contributed by atoms with Crippen LogP contribution in [0.25, 0.3) is 75.2 Å². The van der Waals surface area contributed by atoms with Crippen molar-refractivity contribution in [1.29, 1.82) is 0 Å². The third-order valence-electron chi connectivity index (χ3n) is 11.0. The molecule has 10 aromatic rings. The summed E-state index contributed by atoms with van der Waals surface area (Å²) in [6.45, 7) is 0. The first-order valence-electron chi connectivity index (χ1n) is 18.0. The molecule has 53 heavy (non-hydrogen) atoms. The maximum atomic E-state index is 6.89. The second kappa shape index (κ2) is 11.7. The molecule has 0 saturated heterocycles. The summed E-state index contributed by atoms with van der Waals surface area (Å²) in [5, 5.41) is 7.04. The van der Waals surface area contributed by atoms with Gasteiger partial charge in [0.25, 0.3) is 0 Å². The summed E-state index contributed by atoms with van der Waals surface area (Å²) in [4.78, 5) is 10.1. The molecule has 2 atom stereocenters. The Kier molecular flexibility index (Phi) is 6.69. The minimum Gasteiger partial charge on any atom is -0.456 e. The van der Waals surface area contributed by atoms with Crippen LogP contribution in [0.5, 0.6) is 0 Å². The van der Waals surface area contributed by atoms with Crippen LogP contribution in [0.4, 0.5) is 0 Å². The zero-order chi connectivity index (χ0) is 35.2. The van der Waals surface area contributed by atoms with Gasteiger partial charge in [0.05, 0.1) is 0 Å². The van der Waals surface area contributed by atoms with Crippen molar-refractivity contribution in [3.8, 4) is 11.1 Å². The smallest absolute Gasteiger partial charge is 0.142 e. The number of furan rings is 2. The minimum atomic E-state index is -0.190. The van der Waals surface area contributed by atoms with E-state index < -0.39 is 0 Å². The lowest BCUT2D eigenvalue weighted by atomic mass is 10.00. The Bertz CT molecular complexity index is 3080. The lowest BCUT2D eigenvalue weighted by Crippen LogP contribution is -2.47. The van der Waals surface area contributed by atoms with Crippen LogP contribution >= 0.6 is 11.3 Å². The van der Waals surface area contributed by atoms with Gasteiger partial charge in [0.2, 0.25) is 0 Å². The molecule has 0 saturated carbocycles. The topological polar surface area (TPSA) is 45.1 Å². The van der Waals surface area contributed by atoms with Gasteiger partial charge in [-0.05, 0) is 66.2 Å². The highest BCUT2D eigenvalue weighted by Crippen LogP contribution is 2.44. The van der Waals surface area contributed by atoms with Gasteiger partial charge in [-0.1, -0.05) is 109 Å². The molecule has 0 spiro atoms. The molecule has 0 radical (unpaired) electrons. The van der Waals surface area contributed by atoms with E-state index in [2.05, 4.69) is 163 Å². The summed E-state index contributed by atoms with van der Waals surface area (Å²) in [6.07, 6.45) is -0.338. The van der Waals surface area contributed by atoms with Crippen LogP contribution in [0.2, 0.25) is 0 Å². The Hall–Kier alpha value is -6.21. The standard InChI is InChI=1S/C47H33N3O2S/c1-49-45(28-11-4-3-5-12-28)48-46(31-21-24-36-35-14-7-9-18-42(35)53-43(36)27-31)50(2)47(49)38-16-10-15-37-34-23-20-30(26-41(34)52-44(37)38)29-19-22-33-32-13-6-8-17-39(32)51-40(33)25-29/h3-27,45,47H,1-2H3. The third kappa shape index (κ3) is 4.69. The number of aliphatic imine (C=N–C) groups is 1. The second-order valence-corrected chi connectivity index (χ2v) is 15.1. The van der Waals surface area contributed by atoms with Crippen LogP contribution in [0.1, 0.15) is 29.0 Å². The molecular weight excluding hydrogens is 671 g/mol. The lowest BCUT2D eigenvalue weighted by molar-refractivity contribution is 0.0748. The van der Waals surface area contributed by atoms with E-state index in [9.17, 15) is 0 Å². The van der Waals surface area contributed by atoms with Crippen LogP contribution in [0.3, 0.4) is 0 Å². The van der Waals surface area contributed by atoms with Gasteiger partial charge in [0.15, 0.2) is 0 Å². The Labute approximate surface area is 309 Å². The van der Waals surface area contributed by atoms with E-state index in [1.165, 1.54) is 20.2 Å². The monoisotopic (exact) mass is 703 g/mol. The number of amidine groups is 1. The van der Waals surface area contributed by atoms with E-state index >= 15 is 0 Å². The fourth-order valence-electron chi connectivity index (χ4n) is 8.44. The fourth-order valence-corrected chi connectivity index (χ4v) is 9.58. The minimum absolute atomic E-state index is 0.148. The molecular formula is C47H33N3O2S. The Morgan fingerprint density at radius 1 is 0.509 bits per heavy atom. The van der Waals surface area contributed by atoms with Gasteiger partial charge < -0.3 is 13.7 Å². The molecule has 4 heterocycles. The van der Waals surface area contributed by atoms with E-state index in [1.807, 2.05) is 23.5 Å². The van der Waals surface area contributed by atoms with Crippen LogP contribution in [-0.4, -0.2) is 29.7 Å². The molecule has 3 aromatic heterocycles. The molecule has 2 unspecified atom stereocenters. The molecule has 1 aliphatic heterocycles. The van der Waals surface area contributed by atoms with E-state index in [0.717, 1.165) is 77.5 Å². The molecule has 7 aromatic carbocycles. The largest absolute Gasteiger partial charge is 0.456 e. The van der Waals surface area contributed by atoms with Gasteiger partial charge in [-0.25, -0.2) is 4.99 Å². The van der Waals surface area contributed by atoms with Crippen molar-refractivity contribution in [1.82, 2.24) is 9.80 Å². The lowest BCUT2D eigenvalue weighted by Gasteiger charge is -2.44. The molecule has 0 amide bonds. The van der Waals surface area contributed by atoms with Gasteiger partial charge in [0.1, 0.15) is 40.5 Å². The number of para-hydroxylation sites is 2. The van der Waals surface area contributed by atoms with Crippen molar-refractivity contribution < 1.29 is 8.83 Å². The molecule has 0 bridgehead atoms. The molecule has 0 N–H and O–H groups in total. The first kappa shape index (κ1) is 30.4. The summed E-state index contributed by atoms with van der Waals surface area (Å²) in [5.41, 5.74) is 9.08. The summed E-state index contributed by atoms with van der Waals surface area (Å²) in [7, 11) is 4.33. The highest BCUT2D eigenvalue weighted by molar-refractivity contribution is 7.25. The third-order valence-corrected chi connectivity index (χ3v) is 12.1. The van der Waals surface area contributed by atoms with Gasteiger partial charge >= 0.3 is 0 Å². The Balaban J connectivity index is 1.04. The van der Waals surface area contributed by atoms with Crippen molar-refractivity contribution in [2.45, 2.75) is 12.3 Å². The normalized spacial score (nSPS) is 16.9. The molecule has 0 aliphatic carbocycles. The van der Waals surface area contributed by atoms with Crippen molar-refractivity contribution in [3.05, 3.63) is 168 Å². The van der Waals surface area contributed by atoms with E-state index in [1.54, 1.807) is 0 Å². The van der Waals surface area contributed by atoms with E-state index in [4.69, 9.17) is 13.8 Å². The quantitative estimate of drug-likeness (QED) is 0.183. The van der Waals surface area contributed by atoms with Gasteiger partial charge in [-0.2, -0.15) is 0 Å². The Morgan fingerprint density at radius 2 is 1.13 bits per heavy atom. The highest BCUT2D eigenvalue weighted by Gasteiger charge is 2.37. The maximum Gasteiger partial charge on any atom is 0.142 e. The van der Waals surface area contributed by atoms with E-state index in [0.29, 0.717) is 0 Å². The molecule has 5 nitrogen and oxygen atoms in total. The van der Waals surface area contributed by atoms with Crippen molar-refractivity contribution in [2.75, 3.05) is 14.1 Å². The molecule has 11 rings (SSSR count). The molecule has 254 valence electrons. The van der Waals surface area contributed by atoms with E-state index in [-0.39, 0.29) is 12.3 Å².